The Balaban J connectivity index is 2.12. The molecule has 0 atom stereocenters. The van der Waals surface area contributed by atoms with Crippen LogP contribution < -0.4 is 16.4 Å². The van der Waals surface area contributed by atoms with E-state index in [9.17, 15) is 9.18 Å². The molecule has 0 spiro atoms. The topological polar surface area (TPSA) is 67.2 Å². The number of carbonyl (C=O) groups is 1. The standard InChI is InChI=1S/C13H13ClFN3O/c14-12-5-11(10(7-18-12)13(16)19)17-6-8-1-3-9(15)4-2-8/h1-5,17-18H,6-7H2,(H2,16,19). The number of allylic oxidation sites excluding steroid dienone is 1. The van der Waals surface area contributed by atoms with Gasteiger partial charge in [-0.15, -0.1) is 0 Å². The molecular weight excluding hydrogens is 269 g/mol. The van der Waals surface area contributed by atoms with Crippen molar-refractivity contribution in [2.24, 2.45) is 5.73 Å². The number of dihydropyridines is 1. The van der Waals surface area contributed by atoms with Crippen LogP contribution in [-0.4, -0.2) is 12.5 Å². The zero-order chi connectivity index (χ0) is 13.8. The van der Waals surface area contributed by atoms with E-state index in [4.69, 9.17) is 17.3 Å². The van der Waals surface area contributed by atoms with Crippen molar-refractivity contribution in [2.45, 2.75) is 6.54 Å². The van der Waals surface area contributed by atoms with Gasteiger partial charge in [0, 0.05) is 18.8 Å². The van der Waals surface area contributed by atoms with Crippen LogP contribution in [0.3, 0.4) is 0 Å². The molecule has 4 N–H and O–H groups in total. The molecular formula is C13H13ClFN3O. The van der Waals surface area contributed by atoms with Gasteiger partial charge in [-0.05, 0) is 23.8 Å². The minimum atomic E-state index is -0.505. The summed E-state index contributed by atoms with van der Waals surface area (Å²) < 4.78 is 12.8. The van der Waals surface area contributed by atoms with E-state index in [-0.39, 0.29) is 12.4 Å². The SMILES string of the molecule is NC(=O)C1=C(NCc2ccc(F)cc2)C=C(Cl)NC1. The first kappa shape index (κ1) is 13.4. The van der Waals surface area contributed by atoms with Crippen molar-refractivity contribution in [3.63, 3.8) is 0 Å². The molecule has 0 saturated carbocycles. The summed E-state index contributed by atoms with van der Waals surface area (Å²) >= 11 is 5.86. The highest BCUT2D eigenvalue weighted by molar-refractivity contribution is 6.29. The van der Waals surface area contributed by atoms with Crippen molar-refractivity contribution in [3.8, 4) is 0 Å². The maximum Gasteiger partial charge on any atom is 0.248 e. The Bertz CT molecular complexity index is 552. The van der Waals surface area contributed by atoms with E-state index in [2.05, 4.69) is 10.6 Å². The molecule has 1 aliphatic heterocycles. The number of primary amides is 1. The normalized spacial score (nSPS) is 14.7. The molecule has 1 aliphatic rings. The summed E-state index contributed by atoms with van der Waals surface area (Å²) in [5.41, 5.74) is 7.20. The molecule has 0 unspecified atom stereocenters. The molecule has 1 aromatic rings. The minimum absolute atomic E-state index is 0.286. The van der Waals surface area contributed by atoms with Gasteiger partial charge < -0.3 is 16.4 Å². The summed E-state index contributed by atoms with van der Waals surface area (Å²) in [5, 5.41) is 6.34. The third-order valence-corrected chi connectivity index (χ3v) is 2.97. The summed E-state index contributed by atoms with van der Waals surface area (Å²) in [4.78, 5) is 11.3. The summed E-state index contributed by atoms with van der Waals surface area (Å²) in [6, 6.07) is 6.09. The lowest BCUT2D eigenvalue weighted by Crippen LogP contribution is -2.31. The second-order valence-corrected chi connectivity index (χ2v) is 4.49. The van der Waals surface area contributed by atoms with Crippen LogP contribution in [0.2, 0.25) is 0 Å². The number of carbonyl (C=O) groups excluding carboxylic acids is 1. The van der Waals surface area contributed by atoms with Gasteiger partial charge in [0.15, 0.2) is 0 Å². The third kappa shape index (κ3) is 3.48. The highest BCUT2D eigenvalue weighted by Crippen LogP contribution is 2.14. The van der Waals surface area contributed by atoms with E-state index in [0.717, 1.165) is 5.56 Å². The first-order valence-corrected chi connectivity index (χ1v) is 6.06. The van der Waals surface area contributed by atoms with Crippen molar-refractivity contribution in [3.05, 3.63) is 58.1 Å². The molecule has 1 amide bonds. The molecule has 0 fully saturated rings. The molecule has 100 valence electrons. The molecule has 6 heteroatoms. The number of nitrogens with two attached hydrogens (primary N) is 1. The van der Waals surface area contributed by atoms with Gasteiger partial charge in [-0.25, -0.2) is 4.39 Å². The Labute approximate surface area is 115 Å². The molecule has 2 rings (SSSR count). The monoisotopic (exact) mass is 281 g/mol. The predicted molar refractivity (Wildman–Crippen MR) is 71.4 cm³/mol. The van der Waals surface area contributed by atoms with Crippen LogP contribution in [0.4, 0.5) is 4.39 Å². The summed E-state index contributed by atoms with van der Waals surface area (Å²) in [6.07, 6.45) is 1.61. The number of hydrogen-bond donors (Lipinski definition) is 3. The van der Waals surface area contributed by atoms with E-state index >= 15 is 0 Å². The smallest absolute Gasteiger partial charge is 0.248 e. The Hall–Kier alpha value is -2.01. The van der Waals surface area contributed by atoms with Crippen LogP contribution in [0.1, 0.15) is 5.56 Å². The van der Waals surface area contributed by atoms with Gasteiger partial charge in [-0.3, -0.25) is 4.79 Å². The molecule has 0 bridgehead atoms. The summed E-state index contributed by atoms with van der Waals surface area (Å²) in [6.45, 7) is 0.740. The Kier molecular flexibility index (Phi) is 4.06. The van der Waals surface area contributed by atoms with Gasteiger partial charge in [0.2, 0.25) is 5.91 Å². The van der Waals surface area contributed by atoms with Gasteiger partial charge in [-0.1, -0.05) is 23.7 Å². The van der Waals surface area contributed by atoms with Crippen molar-refractivity contribution in [2.75, 3.05) is 6.54 Å². The molecule has 0 radical (unpaired) electrons. The van der Waals surface area contributed by atoms with Gasteiger partial charge in [0.05, 0.1) is 5.57 Å². The van der Waals surface area contributed by atoms with Crippen LogP contribution in [-0.2, 0) is 11.3 Å². The van der Waals surface area contributed by atoms with Crippen LogP contribution in [0.25, 0.3) is 0 Å². The fourth-order valence-electron chi connectivity index (χ4n) is 1.71. The zero-order valence-electron chi connectivity index (χ0n) is 10.0. The van der Waals surface area contributed by atoms with Gasteiger partial charge in [0.25, 0.3) is 0 Å². The van der Waals surface area contributed by atoms with Crippen LogP contribution >= 0.6 is 11.6 Å². The largest absolute Gasteiger partial charge is 0.380 e. The highest BCUT2D eigenvalue weighted by Gasteiger charge is 2.16. The second-order valence-electron chi connectivity index (χ2n) is 4.08. The van der Waals surface area contributed by atoms with E-state index in [1.165, 1.54) is 12.1 Å². The fourth-order valence-corrected chi connectivity index (χ4v) is 1.89. The maximum atomic E-state index is 12.8. The quantitative estimate of drug-likeness (QED) is 0.730. The molecule has 1 heterocycles. The summed E-state index contributed by atoms with van der Waals surface area (Å²) in [5.74, 6) is -0.792. The van der Waals surface area contributed by atoms with Crippen molar-refractivity contribution in [1.29, 1.82) is 0 Å². The number of nitrogens with one attached hydrogen (secondary N) is 2. The highest BCUT2D eigenvalue weighted by atomic mass is 35.5. The van der Waals surface area contributed by atoms with Crippen molar-refractivity contribution >= 4 is 17.5 Å². The van der Waals surface area contributed by atoms with Crippen LogP contribution in [0.5, 0.6) is 0 Å². The van der Waals surface area contributed by atoms with Crippen molar-refractivity contribution < 1.29 is 9.18 Å². The first-order chi connectivity index (χ1) is 9.06. The molecule has 0 aromatic heterocycles. The number of amides is 1. The molecule has 0 aliphatic carbocycles. The Morgan fingerprint density at radius 1 is 1.42 bits per heavy atom. The van der Waals surface area contributed by atoms with Crippen LogP contribution in [0.15, 0.2) is 46.8 Å². The lowest BCUT2D eigenvalue weighted by atomic mass is 10.1. The third-order valence-electron chi connectivity index (χ3n) is 2.72. The van der Waals surface area contributed by atoms with E-state index in [0.29, 0.717) is 23.0 Å². The maximum absolute atomic E-state index is 12.8. The average molecular weight is 282 g/mol. The Morgan fingerprint density at radius 2 is 2.11 bits per heavy atom. The Morgan fingerprint density at radius 3 is 2.74 bits per heavy atom. The number of hydrogen-bond acceptors (Lipinski definition) is 3. The van der Waals surface area contributed by atoms with Crippen LogP contribution in [0, 0.1) is 5.82 Å². The molecule has 0 saturated heterocycles. The van der Waals surface area contributed by atoms with Gasteiger partial charge in [-0.2, -0.15) is 0 Å². The van der Waals surface area contributed by atoms with Gasteiger partial charge >= 0.3 is 0 Å². The number of halogens is 2. The molecule has 1 aromatic carbocycles. The lowest BCUT2D eigenvalue weighted by Gasteiger charge is -2.18. The van der Waals surface area contributed by atoms with Crippen molar-refractivity contribution in [1.82, 2.24) is 10.6 Å². The minimum Gasteiger partial charge on any atom is -0.380 e. The average Bonchev–Trinajstić information content (AvgIpc) is 2.38. The number of benzene rings is 1. The second kappa shape index (κ2) is 5.75. The predicted octanol–water partition coefficient (Wildman–Crippen LogP) is 1.34. The van der Waals surface area contributed by atoms with Gasteiger partial charge in [0.1, 0.15) is 11.0 Å². The lowest BCUT2D eigenvalue weighted by molar-refractivity contribution is -0.114. The first-order valence-electron chi connectivity index (χ1n) is 5.68. The van der Waals surface area contributed by atoms with E-state index < -0.39 is 5.91 Å². The van der Waals surface area contributed by atoms with E-state index in [1.807, 2.05) is 0 Å². The fraction of sp³-hybridized carbons (Fsp3) is 0.154. The number of rotatable bonds is 4. The molecule has 4 nitrogen and oxygen atoms in total. The summed E-state index contributed by atoms with van der Waals surface area (Å²) in [7, 11) is 0. The van der Waals surface area contributed by atoms with E-state index in [1.54, 1.807) is 18.2 Å². The molecule has 19 heavy (non-hydrogen) atoms. The zero-order valence-corrected chi connectivity index (χ0v) is 10.8.